The second kappa shape index (κ2) is 38.8. The van der Waals surface area contributed by atoms with E-state index in [1.165, 1.54) is 103 Å². The van der Waals surface area contributed by atoms with E-state index in [9.17, 15) is 23.9 Å². The summed E-state index contributed by atoms with van der Waals surface area (Å²) in [5, 5.41) is 2.83. The van der Waals surface area contributed by atoms with Gasteiger partial charge in [-0.2, -0.15) is 0 Å². The summed E-state index contributed by atoms with van der Waals surface area (Å²) in [5.41, 5.74) is 0. The molecule has 13 heteroatoms. The number of esters is 1. The fraction of sp³-hybridized carbons (Fsp3) is 0.939. The number of phosphoric acid groups is 1. The molecule has 0 aromatic carbocycles. The number of carbonyl (C=O) groups excluding carboxylic acids is 2. The molecule has 46 heavy (non-hydrogen) atoms. The van der Waals surface area contributed by atoms with Gasteiger partial charge in [-0.15, -0.1) is 0 Å². The molecule has 0 radical (unpaired) electrons. The predicted octanol–water partition coefficient (Wildman–Crippen LogP) is 0.871. The summed E-state index contributed by atoms with van der Waals surface area (Å²) in [6.07, 6.45) is 25.1. The van der Waals surface area contributed by atoms with Crippen molar-refractivity contribution in [1.29, 1.82) is 0 Å². The van der Waals surface area contributed by atoms with E-state index in [0.717, 1.165) is 38.6 Å². The number of phosphoric ester groups is 1. The smallest absolute Gasteiger partial charge is 0.790 e. The Balaban J connectivity index is -0.00000924. The molecule has 0 aliphatic rings. The van der Waals surface area contributed by atoms with Crippen LogP contribution in [-0.4, -0.2) is 51.1 Å². The fourth-order valence-corrected chi connectivity index (χ4v) is 5.30. The van der Waals surface area contributed by atoms with Crippen LogP contribution in [0.1, 0.15) is 162 Å². The predicted molar refractivity (Wildman–Crippen MR) is 171 cm³/mol. The van der Waals surface area contributed by atoms with Crippen LogP contribution in [-0.2, 0) is 32.9 Å². The molecule has 0 bridgehead atoms. The van der Waals surface area contributed by atoms with Gasteiger partial charge in [0, 0.05) is 26.5 Å². The van der Waals surface area contributed by atoms with E-state index < -0.39 is 26.5 Å². The van der Waals surface area contributed by atoms with E-state index in [4.69, 9.17) is 14.2 Å². The molecule has 0 unspecified atom stereocenters. The maximum atomic E-state index is 12.2. The number of nitrogens with one attached hydrogen (secondary N) is 1. The third-order valence-electron chi connectivity index (χ3n) is 7.51. The Morgan fingerprint density at radius 2 is 1.11 bits per heavy atom. The Morgan fingerprint density at radius 1 is 0.652 bits per heavy atom. The third-order valence-corrected chi connectivity index (χ3v) is 7.98. The number of amides is 1. The van der Waals surface area contributed by atoms with Crippen molar-refractivity contribution >= 4 is 19.7 Å². The van der Waals surface area contributed by atoms with Crippen molar-refractivity contribution in [2.75, 3.05) is 33.2 Å². The summed E-state index contributed by atoms with van der Waals surface area (Å²) >= 11 is 0. The largest absolute Gasteiger partial charge is 1.00 e. The van der Waals surface area contributed by atoms with E-state index in [2.05, 4.69) is 16.8 Å². The van der Waals surface area contributed by atoms with Crippen LogP contribution in [0.5, 0.6) is 0 Å². The molecule has 1 N–H and O–H groups in total. The average molecular weight is 696 g/mol. The van der Waals surface area contributed by atoms with Crippen LogP contribution in [0, 0.1) is 0 Å². The van der Waals surface area contributed by atoms with Crippen LogP contribution in [0.3, 0.4) is 0 Å². The molecule has 10 nitrogen and oxygen atoms in total. The van der Waals surface area contributed by atoms with Gasteiger partial charge < -0.3 is 38.4 Å². The molecular formula is C33H64NNa2O9P. The van der Waals surface area contributed by atoms with Gasteiger partial charge in [-0.1, -0.05) is 129 Å². The van der Waals surface area contributed by atoms with Gasteiger partial charge in [0.2, 0.25) is 5.91 Å². The van der Waals surface area contributed by atoms with Crippen molar-refractivity contribution in [2.45, 2.75) is 168 Å². The zero-order chi connectivity index (χ0) is 32.6. The fourth-order valence-electron chi connectivity index (χ4n) is 4.95. The molecule has 0 saturated heterocycles. The molecule has 1 amide bonds. The van der Waals surface area contributed by atoms with Crippen LogP contribution >= 0.6 is 7.82 Å². The molecule has 0 spiro atoms. The van der Waals surface area contributed by atoms with E-state index in [1.807, 2.05) is 0 Å². The van der Waals surface area contributed by atoms with Gasteiger partial charge in [0.05, 0.1) is 21.0 Å². The zero-order valence-corrected chi connectivity index (χ0v) is 34.9. The Bertz CT molecular complexity index is 717. The van der Waals surface area contributed by atoms with Gasteiger partial charge >= 0.3 is 65.1 Å². The van der Waals surface area contributed by atoms with E-state index in [0.29, 0.717) is 13.0 Å². The molecule has 0 aliphatic carbocycles. The quantitative estimate of drug-likeness (QED) is 0.0341. The molecule has 0 rings (SSSR count). The van der Waals surface area contributed by atoms with Gasteiger partial charge in [0.25, 0.3) is 0 Å². The summed E-state index contributed by atoms with van der Waals surface area (Å²) < 4.78 is 31.4. The number of rotatable bonds is 34. The minimum absolute atomic E-state index is 0. The minimum atomic E-state index is -5.18. The first-order valence-corrected chi connectivity index (χ1v) is 19.0. The standard InChI is InChI=1S/C33H66NO9P.2Na/c1-3-4-5-6-7-8-10-13-16-19-22-25-33(36)43-32(29-42-44(37,38)39)28-41-30-40-27-24-21-18-15-12-9-11-14-17-20-23-26-34-31(2)35;;/h32H,3-30H2,1-2H3,(H,34,35)(H2,37,38,39);;/q;2*+1/p-2/t32-;;/m0../s1. The van der Waals surface area contributed by atoms with Crippen molar-refractivity contribution in [2.24, 2.45) is 0 Å². The Kier molecular flexibility index (Phi) is 43.3. The van der Waals surface area contributed by atoms with E-state index >= 15 is 0 Å². The number of carbonyl (C=O) groups is 2. The van der Waals surface area contributed by atoms with Crippen molar-refractivity contribution < 1.29 is 102 Å². The number of ether oxygens (including phenoxy) is 3. The third kappa shape index (κ3) is 43.0. The van der Waals surface area contributed by atoms with Crippen LogP contribution < -0.4 is 74.2 Å². The Hall–Kier alpha value is 0.970. The Morgan fingerprint density at radius 3 is 1.59 bits per heavy atom. The van der Waals surface area contributed by atoms with Crippen molar-refractivity contribution in [1.82, 2.24) is 5.32 Å². The average Bonchev–Trinajstić information content (AvgIpc) is 2.97. The molecule has 0 aromatic heterocycles. The number of hydrogen-bond acceptors (Lipinski definition) is 9. The number of unbranched alkanes of at least 4 members (excludes halogenated alkanes) is 20. The van der Waals surface area contributed by atoms with Crippen molar-refractivity contribution in [3.63, 3.8) is 0 Å². The van der Waals surface area contributed by atoms with E-state index in [1.54, 1.807) is 6.92 Å². The monoisotopic (exact) mass is 695 g/mol. The molecule has 262 valence electrons. The van der Waals surface area contributed by atoms with Crippen LogP contribution in [0.2, 0.25) is 0 Å². The maximum Gasteiger partial charge on any atom is 1.00 e. The summed E-state index contributed by atoms with van der Waals surface area (Å²) in [6, 6.07) is 0. The summed E-state index contributed by atoms with van der Waals surface area (Å²) in [6.45, 7) is 4.42. The molecule has 0 aromatic rings. The summed E-state index contributed by atoms with van der Waals surface area (Å²) in [5.74, 6) is -0.410. The molecule has 0 fully saturated rings. The maximum absolute atomic E-state index is 12.2. The molecular weight excluding hydrogens is 631 g/mol. The molecule has 0 heterocycles. The minimum Gasteiger partial charge on any atom is -0.790 e. The second-order valence-electron chi connectivity index (χ2n) is 11.9. The van der Waals surface area contributed by atoms with Gasteiger partial charge in [-0.3, -0.25) is 9.59 Å². The van der Waals surface area contributed by atoms with Gasteiger partial charge in [-0.25, -0.2) is 0 Å². The first-order chi connectivity index (χ1) is 21.2. The van der Waals surface area contributed by atoms with Crippen LogP contribution in [0.15, 0.2) is 0 Å². The molecule has 0 saturated carbocycles. The molecule has 1 atom stereocenters. The van der Waals surface area contributed by atoms with Gasteiger partial charge in [0.1, 0.15) is 12.9 Å². The van der Waals surface area contributed by atoms with Gasteiger partial charge in [-0.05, 0) is 19.3 Å². The van der Waals surface area contributed by atoms with Crippen LogP contribution in [0.25, 0.3) is 0 Å². The first kappa shape index (κ1) is 51.3. The number of hydrogen-bond donors (Lipinski definition) is 1. The SMILES string of the molecule is CCCCCCCCCCCCCC(=O)O[C@@H](COCOCCCCCCCCCCCCCNC(C)=O)COP(=O)([O-])[O-].[Na+].[Na+]. The normalized spacial score (nSPS) is 11.8. The van der Waals surface area contributed by atoms with Crippen molar-refractivity contribution in [3.05, 3.63) is 0 Å². The van der Waals surface area contributed by atoms with Gasteiger partial charge in [0.15, 0.2) is 0 Å². The Labute approximate surface area is 325 Å². The van der Waals surface area contributed by atoms with Crippen molar-refractivity contribution in [3.8, 4) is 0 Å². The summed E-state index contributed by atoms with van der Waals surface area (Å²) in [7, 11) is -5.18. The topological polar surface area (TPSA) is 146 Å². The molecule has 0 aliphatic heterocycles. The first-order valence-electron chi connectivity index (χ1n) is 17.5. The zero-order valence-electron chi connectivity index (χ0n) is 30.0. The summed E-state index contributed by atoms with van der Waals surface area (Å²) in [4.78, 5) is 44.8. The second-order valence-corrected chi connectivity index (χ2v) is 13.1. The van der Waals surface area contributed by atoms with E-state index in [-0.39, 0.29) is 84.8 Å². The van der Waals surface area contributed by atoms with Crippen LogP contribution in [0.4, 0.5) is 0 Å².